The summed E-state index contributed by atoms with van der Waals surface area (Å²) in [4.78, 5) is 21.6. The number of hydrogen-bond donors (Lipinski definition) is 0. The predicted molar refractivity (Wildman–Crippen MR) is 92.1 cm³/mol. The molecule has 1 aromatic heterocycles. The molecular weight excluding hydrogens is 382 g/mol. The Morgan fingerprint density at radius 2 is 1.96 bits per heavy atom. The molecule has 0 aliphatic carbocycles. The molecule has 26 heavy (non-hydrogen) atoms. The Kier molecular flexibility index (Phi) is 4.30. The number of likely N-dealkylation sites (tertiary alicyclic amines) is 1. The molecule has 0 radical (unpaired) electrons. The van der Waals surface area contributed by atoms with Gasteiger partial charge in [0.15, 0.2) is 9.84 Å². The maximum atomic E-state index is 12.6. The summed E-state index contributed by atoms with van der Waals surface area (Å²) in [6.07, 6.45) is 1.65. The molecule has 1 amide bonds. The number of aromatic nitrogens is 2. The van der Waals surface area contributed by atoms with E-state index in [2.05, 4.69) is 9.97 Å². The molecule has 144 valence electrons. The lowest BCUT2D eigenvalue weighted by Gasteiger charge is -2.25. The van der Waals surface area contributed by atoms with Gasteiger partial charge in [-0.05, 0) is 20.8 Å². The number of carbonyl (C=O) groups excluding carboxylic acids is 1. The number of carbonyl (C=O) groups is 1. The summed E-state index contributed by atoms with van der Waals surface area (Å²) in [7, 11) is -7.14. The average molecular weight is 403 g/mol. The van der Waals surface area contributed by atoms with Crippen molar-refractivity contribution < 1.29 is 26.4 Å². The van der Waals surface area contributed by atoms with Gasteiger partial charge in [-0.25, -0.2) is 31.6 Å². The van der Waals surface area contributed by atoms with Gasteiger partial charge >= 0.3 is 6.09 Å². The first-order chi connectivity index (χ1) is 11.8. The summed E-state index contributed by atoms with van der Waals surface area (Å²) in [5.74, 6) is -0.866. The van der Waals surface area contributed by atoms with Crippen molar-refractivity contribution in [3.05, 3.63) is 17.5 Å². The van der Waals surface area contributed by atoms with Gasteiger partial charge in [0.25, 0.3) is 0 Å². The normalized spacial score (nSPS) is 24.7. The highest BCUT2D eigenvalue weighted by Gasteiger charge is 2.49. The smallest absolute Gasteiger partial charge is 0.410 e. The van der Waals surface area contributed by atoms with E-state index in [0.717, 1.165) is 6.26 Å². The lowest BCUT2D eigenvalue weighted by atomic mass is 10.00. The van der Waals surface area contributed by atoms with E-state index in [9.17, 15) is 21.6 Å². The Balaban J connectivity index is 1.99. The van der Waals surface area contributed by atoms with Crippen molar-refractivity contribution in [3.63, 3.8) is 0 Å². The molecule has 2 aliphatic rings. The van der Waals surface area contributed by atoms with Crippen LogP contribution < -0.4 is 0 Å². The third kappa shape index (κ3) is 3.54. The highest BCUT2D eigenvalue weighted by Crippen LogP contribution is 2.39. The minimum atomic E-state index is -3.62. The van der Waals surface area contributed by atoms with Gasteiger partial charge in [-0.15, -0.1) is 0 Å². The van der Waals surface area contributed by atoms with Gasteiger partial charge in [0.1, 0.15) is 5.60 Å². The van der Waals surface area contributed by atoms with Crippen LogP contribution in [0.25, 0.3) is 0 Å². The predicted octanol–water partition coefficient (Wildman–Crippen LogP) is 0.511. The molecule has 11 heteroatoms. The van der Waals surface area contributed by atoms with Gasteiger partial charge in [0, 0.05) is 37.0 Å². The first-order valence-corrected chi connectivity index (χ1v) is 11.6. The van der Waals surface area contributed by atoms with Crippen LogP contribution in [0.3, 0.4) is 0 Å². The highest BCUT2D eigenvalue weighted by atomic mass is 32.2. The molecule has 0 saturated carbocycles. The number of fused-ring (bicyclic) bond motifs is 3. The molecule has 3 heterocycles. The van der Waals surface area contributed by atoms with Crippen LogP contribution in [0.15, 0.2) is 11.4 Å². The zero-order valence-corrected chi connectivity index (χ0v) is 16.6. The number of nitrogens with zero attached hydrogens (tertiary/aromatic N) is 3. The van der Waals surface area contributed by atoms with Crippen molar-refractivity contribution in [2.75, 3.05) is 19.3 Å². The van der Waals surface area contributed by atoms with E-state index in [1.54, 1.807) is 20.8 Å². The summed E-state index contributed by atoms with van der Waals surface area (Å²) in [5.41, 5.74) is 0.0590. The maximum absolute atomic E-state index is 12.6. The Morgan fingerprint density at radius 3 is 2.54 bits per heavy atom. The van der Waals surface area contributed by atoms with E-state index in [4.69, 9.17) is 4.74 Å². The second-order valence-corrected chi connectivity index (χ2v) is 11.8. The Bertz CT molecular complexity index is 966. The molecule has 0 N–H and O–H groups in total. The first-order valence-electron chi connectivity index (χ1n) is 8.03. The second-order valence-electron chi connectivity index (χ2n) is 7.67. The second kappa shape index (κ2) is 5.88. The zero-order valence-electron chi connectivity index (χ0n) is 15.0. The number of ether oxygens (including phenoxy) is 1. The maximum Gasteiger partial charge on any atom is 0.410 e. The van der Waals surface area contributed by atoms with Gasteiger partial charge in [-0.2, -0.15) is 0 Å². The fourth-order valence-electron chi connectivity index (χ4n) is 3.21. The summed E-state index contributed by atoms with van der Waals surface area (Å²) in [6, 6.07) is 0. The molecule has 0 unspecified atom stereocenters. The molecule has 1 saturated heterocycles. The molecule has 1 fully saturated rings. The molecule has 3 rings (SSSR count). The van der Waals surface area contributed by atoms with Gasteiger partial charge in [-0.1, -0.05) is 0 Å². The molecule has 2 atom stereocenters. The molecule has 0 aromatic carbocycles. The van der Waals surface area contributed by atoms with Crippen LogP contribution in [-0.4, -0.2) is 68.0 Å². The van der Waals surface area contributed by atoms with Crippen LogP contribution in [-0.2, 0) is 30.2 Å². The lowest BCUT2D eigenvalue weighted by molar-refractivity contribution is 0.0293. The Labute approximate surface area is 152 Å². The molecule has 0 spiro atoms. The van der Waals surface area contributed by atoms with Crippen molar-refractivity contribution >= 4 is 25.8 Å². The van der Waals surface area contributed by atoms with Crippen LogP contribution in [0, 0.1) is 0 Å². The van der Waals surface area contributed by atoms with Gasteiger partial charge in [-0.3, -0.25) is 0 Å². The molecule has 2 aliphatic heterocycles. The van der Waals surface area contributed by atoms with Gasteiger partial charge < -0.3 is 9.64 Å². The van der Waals surface area contributed by atoms with E-state index < -0.39 is 42.5 Å². The van der Waals surface area contributed by atoms with E-state index in [1.807, 2.05) is 0 Å². The Hall–Kier alpha value is -1.75. The van der Waals surface area contributed by atoms with Gasteiger partial charge in [0.05, 0.1) is 16.7 Å². The van der Waals surface area contributed by atoms with E-state index >= 15 is 0 Å². The first kappa shape index (κ1) is 19.0. The van der Waals surface area contributed by atoms with Crippen LogP contribution in [0.1, 0.15) is 37.9 Å². The topological polar surface area (TPSA) is 124 Å². The standard InChI is InChI=1S/C15H21N3O6S2/c1-15(2,3)24-14(19)18-6-10-11(7-18)26(22,23)8-9-5-16-13(17-12(9)10)25(4,20)21/h5,10-11H,6-8H2,1-4H3/t10-,11-/m0/s1. The number of hydrogen-bond acceptors (Lipinski definition) is 8. The summed E-state index contributed by atoms with van der Waals surface area (Å²) >= 11 is 0. The molecule has 1 aromatic rings. The molecular formula is C15H21N3O6S2. The summed E-state index contributed by atoms with van der Waals surface area (Å²) < 4.78 is 54.0. The van der Waals surface area contributed by atoms with Crippen LogP contribution in [0.4, 0.5) is 4.79 Å². The third-order valence-electron chi connectivity index (χ3n) is 4.29. The molecule has 0 bridgehead atoms. The lowest BCUT2D eigenvalue weighted by Crippen LogP contribution is -2.37. The van der Waals surface area contributed by atoms with Crippen LogP contribution in [0.2, 0.25) is 0 Å². The minimum absolute atomic E-state index is 0.000432. The van der Waals surface area contributed by atoms with Crippen molar-refractivity contribution in [2.24, 2.45) is 0 Å². The largest absolute Gasteiger partial charge is 0.444 e. The van der Waals surface area contributed by atoms with E-state index in [0.29, 0.717) is 11.3 Å². The summed E-state index contributed by atoms with van der Waals surface area (Å²) in [6.45, 7) is 5.29. The minimum Gasteiger partial charge on any atom is -0.444 e. The quantitative estimate of drug-likeness (QED) is 0.621. The third-order valence-corrected chi connectivity index (χ3v) is 7.27. The number of amides is 1. The van der Waals surface area contributed by atoms with Crippen molar-refractivity contribution in [1.82, 2.24) is 14.9 Å². The van der Waals surface area contributed by atoms with Crippen LogP contribution >= 0.6 is 0 Å². The average Bonchev–Trinajstić information content (AvgIpc) is 2.90. The van der Waals surface area contributed by atoms with Crippen molar-refractivity contribution in [1.29, 1.82) is 0 Å². The van der Waals surface area contributed by atoms with Gasteiger partial charge in [0.2, 0.25) is 15.0 Å². The monoisotopic (exact) mass is 403 g/mol. The van der Waals surface area contributed by atoms with Crippen LogP contribution in [0.5, 0.6) is 0 Å². The Morgan fingerprint density at radius 1 is 1.31 bits per heavy atom. The fourth-order valence-corrected chi connectivity index (χ4v) is 5.71. The van der Waals surface area contributed by atoms with E-state index in [1.165, 1.54) is 11.1 Å². The van der Waals surface area contributed by atoms with Crippen molar-refractivity contribution in [2.45, 2.75) is 48.4 Å². The number of sulfone groups is 2. The fraction of sp³-hybridized carbons (Fsp3) is 0.667. The highest BCUT2D eigenvalue weighted by molar-refractivity contribution is 7.91. The number of rotatable bonds is 1. The van der Waals surface area contributed by atoms with E-state index in [-0.39, 0.29) is 24.0 Å². The summed E-state index contributed by atoms with van der Waals surface area (Å²) in [5, 5.41) is -1.17. The zero-order chi connectivity index (χ0) is 19.5. The molecule has 9 nitrogen and oxygen atoms in total. The SMILES string of the molecule is CC(C)(C)OC(=O)N1C[C@@H]2c3nc(S(C)(=O)=O)ncc3CS(=O)(=O)[C@H]2C1. The van der Waals surface area contributed by atoms with Crippen molar-refractivity contribution in [3.8, 4) is 0 Å².